The van der Waals surface area contributed by atoms with Gasteiger partial charge in [0.1, 0.15) is 11.8 Å². The molecule has 47 heavy (non-hydrogen) atoms. The van der Waals surface area contributed by atoms with Crippen LogP contribution in [0.2, 0.25) is 10.0 Å². The first-order valence-electron chi connectivity index (χ1n) is 16.2. The summed E-state index contributed by atoms with van der Waals surface area (Å²) >= 11 is 13.2. The highest BCUT2D eigenvalue weighted by Crippen LogP contribution is 2.38. The fourth-order valence-electron chi connectivity index (χ4n) is 6.42. The van der Waals surface area contributed by atoms with Gasteiger partial charge in [-0.15, -0.1) is 5.10 Å². The first kappa shape index (κ1) is 32.8. The number of rotatable bonds is 9. The van der Waals surface area contributed by atoms with Gasteiger partial charge in [0.05, 0.1) is 46.1 Å². The SMILES string of the molecule is CC[C@@H](Nc1c(C#N)cnc2c(Cl)cc(N[C@@H](c3ccc(Cl)cc3)c3cn(C4CCN(C(C)(C)C)CC4)nn3)cc12)c1ccccc1. The summed E-state index contributed by atoms with van der Waals surface area (Å²) in [6.45, 7) is 11.0. The number of nitrogens with one attached hydrogen (secondary N) is 2. The third kappa shape index (κ3) is 7.23. The number of pyridine rings is 1. The average Bonchev–Trinajstić information content (AvgIpc) is 3.57. The molecule has 0 amide bonds. The van der Waals surface area contributed by atoms with Gasteiger partial charge in [0.25, 0.3) is 0 Å². The molecule has 8 nitrogen and oxygen atoms in total. The van der Waals surface area contributed by atoms with Crippen molar-refractivity contribution in [2.75, 3.05) is 23.7 Å². The van der Waals surface area contributed by atoms with Crippen molar-refractivity contribution in [1.29, 1.82) is 5.26 Å². The highest BCUT2D eigenvalue weighted by atomic mass is 35.5. The number of nitriles is 1. The van der Waals surface area contributed by atoms with Crippen LogP contribution >= 0.6 is 23.2 Å². The lowest BCUT2D eigenvalue weighted by molar-refractivity contribution is 0.0866. The van der Waals surface area contributed by atoms with Crippen molar-refractivity contribution in [2.24, 2.45) is 0 Å². The molecule has 1 saturated heterocycles. The molecule has 1 aliphatic rings. The smallest absolute Gasteiger partial charge is 0.109 e. The fraction of sp³-hybridized carbons (Fsp3) is 0.351. The zero-order valence-corrected chi connectivity index (χ0v) is 28.7. The van der Waals surface area contributed by atoms with Crippen molar-refractivity contribution >= 4 is 45.5 Å². The predicted octanol–water partition coefficient (Wildman–Crippen LogP) is 9.20. The number of halogens is 2. The Bertz CT molecular complexity index is 1870. The number of nitrogens with zero attached hydrogens (tertiary/aromatic N) is 6. The van der Waals surface area contributed by atoms with Crippen LogP contribution < -0.4 is 10.6 Å². The molecule has 3 aromatic carbocycles. The Kier molecular flexibility index (Phi) is 9.70. The van der Waals surface area contributed by atoms with Crippen LogP contribution in [0, 0.1) is 11.3 Å². The van der Waals surface area contributed by atoms with Gasteiger partial charge in [0.2, 0.25) is 0 Å². The third-order valence-electron chi connectivity index (χ3n) is 9.10. The Labute approximate surface area is 286 Å². The molecule has 1 fully saturated rings. The Morgan fingerprint density at radius 3 is 2.36 bits per heavy atom. The van der Waals surface area contributed by atoms with Crippen LogP contribution in [0.4, 0.5) is 11.4 Å². The Morgan fingerprint density at radius 1 is 0.979 bits per heavy atom. The van der Waals surface area contributed by atoms with E-state index in [2.05, 4.69) is 82.9 Å². The number of aromatic nitrogens is 4. The second kappa shape index (κ2) is 13.9. The van der Waals surface area contributed by atoms with E-state index in [1.807, 2.05) is 59.3 Å². The largest absolute Gasteiger partial charge is 0.377 e. The Hall–Kier alpha value is -4.16. The lowest BCUT2D eigenvalue weighted by atomic mass is 9.98. The molecule has 2 atom stereocenters. The molecule has 0 radical (unpaired) electrons. The van der Waals surface area contributed by atoms with Crippen molar-refractivity contribution in [1.82, 2.24) is 24.9 Å². The minimum absolute atomic E-state index is 0.00332. The van der Waals surface area contributed by atoms with E-state index in [1.54, 1.807) is 6.20 Å². The third-order valence-corrected chi connectivity index (χ3v) is 9.64. The summed E-state index contributed by atoms with van der Waals surface area (Å²) in [5.41, 5.74) is 5.61. The van der Waals surface area contributed by atoms with Crippen LogP contribution in [-0.4, -0.2) is 43.5 Å². The van der Waals surface area contributed by atoms with E-state index in [-0.39, 0.29) is 23.7 Å². The molecule has 0 spiro atoms. The molecule has 1 aliphatic heterocycles. The number of piperidine rings is 1. The summed E-state index contributed by atoms with van der Waals surface area (Å²) in [5, 5.41) is 28.6. The quantitative estimate of drug-likeness (QED) is 0.162. The standard InChI is InChI=1S/C37H40Cl2N8/c1-5-32(24-9-7-6-8-10-24)43-34-26(21-40)22-41-36-30(34)19-28(20-31(36)39)42-35(25-11-13-27(38)14-12-25)33-23-47(45-44-33)29-15-17-46(18-16-29)37(2,3)4/h6-14,19-20,22-23,29,32,35,42H,5,15-18H2,1-4H3,(H,41,43)/t32-,35+/m1/s1. The molecular formula is C37H40Cl2N8. The van der Waals surface area contributed by atoms with Crippen molar-refractivity contribution in [3.63, 3.8) is 0 Å². The van der Waals surface area contributed by atoms with E-state index < -0.39 is 0 Å². The van der Waals surface area contributed by atoms with E-state index in [4.69, 9.17) is 23.2 Å². The monoisotopic (exact) mass is 666 g/mol. The predicted molar refractivity (Wildman–Crippen MR) is 191 cm³/mol. The number of anilines is 2. The molecule has 0 unspecified atom stereocenters. The molecule has 0 bridgehead atoms. The van der Waals surface area contributed by atoms with E-state index in [0.717, 1.165) is 60.2 Å². The van der Waals surface area contributed by atoms with E-state index in [1.165, 1.54) is 0 Å². The number of hydrogen-bond acceptors (Lipinski definition) is 7. The maximum Gasteiger partial charge on any atom is 0.109 e. The van der Waals surface area contributed by atoms with Gasteiger partial charge >= 0.3 is 0 Å². The van der Waals surface area contributed by atoms with Crippen molar-refractivity contribution < 1.29 is 0 Å². The van der Waals surface area contributed by atoms with Crippen LogP contribution in [0.15, 0.2) is 79.1 Å². The van der Waals surface area contributed by atoms with Gasteiger partial charge in [-0.1, -0.05) is 77.8 Å². The van der Waals surface area contributed by atoms with E-state index in [9.17, 15) is 5.26 Å². The summed E-state index contributed by atoms with van der Waals surface area (Å²) in [6.07, 6.45) is 6.51. The van der Waals surface area contributed by atoms with Crippen molar-refractivity contribution in [3.05, 3.63) is 112 Å². The van der Waals surface area contributed by atoms with Gasteiger partial charge in [-0.25, -0.2) is 4.68 Å². The zero-order valence-electron chi connectivity index (χ0n) is 27.2. The summed E-state index contributed by atoms with van der Waals surface area (Å²) in [7, 11) is 0. The van der Waals surface area contributed by atoms with Crippen LogP contribution in [0.3, 0.4) is 0 Å². The number of likely N-dealkylation sites (tertiary alicyclic amines) is 1. The molecule has 242 valence electrons. The summed E-state index contributed by atoms with van der Waals surface area (Å²) in [5.74, 6) is 0. The summed E-state index contributed by atoms with van der Waals surface area (Å²) < 4.78 is 2.02. The first-order chi connectivity index (χ1) is 22.6. The highest BCUT2D eigenvalue weighted by Gasteiger charge is 2.29. The van der Waals surface area contributed by atoms with Gasteiger partial charge < -0.3 is 10.6 Å². The lowest BCUT2D eigenvalue weighted by Gasteiger charge is -2.40. The van der Waals surface area contributed by atoms with Crippen LogP contribution in [0.5, 0.6) is 0 Å². The van der Waals surface area contributed by atoms with Gasteiger partial charge in [-0.2, -0.15) is 5.26 Å². The van der Waals surface area contributed by atoms with Crippen LogP contribution in [0.25, 0.3) is 10.9 Å². The van der Waals surface area contributed by atoms with E-state index in [0.29, 0.717) is 26.8 Å². The van der Waals surface area contributed by atoms with Gasteiger partial charge in [-0.05, 0) is 75.4 Å². The number of benzene rings is 3. The molecular weight excluding hydrogens is 627 g/mol. The van der Waals surface area contributed by atoms with E-state index >= 15 is 0 Å². The maximum atomic E-state index is 10.1. The van der Waals surface area contributed by atoms with Crippen molar-refractivity contribution in [2.45, 2.75) is 70.6 Å². The van der Waals surface area contributed by atoms with Gasteiger partial charge in [-0.3, -0.25) is 9.88 Å². The second-order valence-corrected chi connectivity index (χ2v) is 14.0. The molecule has 0 saturated carbocycles. The number of fused-ring (bicyclic) bond motifs is 1. The summed E-state index contributed by atoms with van der Waals surface area (Å²) in [6, 6.07) is 24.1. The molecule has 2 aromatic heterocycles. The second-order valence-electron chi connectivity index (χ2n) is 13.2. The molecule has 10 heteroatoms. The molecule has 6 rings (SSSR count). The zero-order chi connectivity index (χ0) is 33.1. The molecule has 3 heterocycles. The topological polar surface area (TPSA) is 94.7 Å². The normalized spacial score (nSPS) is 15.7. The minimum Gasteiger partial charge on any atom is -0.377 e. The molecule has 5 aromatic rings. The highest BCUT2D eigenvalue weighted by molar-refractivity contribution is 6.36. The Morgan fingerprint density at radius 2 is 1.70 bits per heavy atom. The Balaban J connectivity index is 1.35. The van der Waals surface area contributed by atoms with Gasteiger partial charge in [0.15, 0.2) is 0 Å². The lowest BCUT2D eigenvalue weighted by Crippen LogP contribution is -2.46. The minimum atomic E-state index is -0.333. The first-order valence-corrected chi connectivity index (χ1v) is 16.9. The molecule has 0 aliphatic carbocycles. The van der Waals surface area contributed by atoms with Crippen LogP contribution in [-0.2, 0) is 0 Å². The van der Waals surface area contributed by atoms with Gasteiger partial charge in [0, 0.05) is 40.9 Å². The average molecular weight is 668 g/mol. The van der Waals surface area contributed by atoms with Crippen LogP contribution in [0.1, 0.15) is 87.5 Å². The van der Waals surface area contributed by atoms with Crippen molar-refractivity contribution in [3.8, 4) is 6.07 Å². The number of hydrogen-bond donors (Lipinski definition) is 2. The molecule has 2 N–H and O–H groups in total. The maximum absolute atomic E-state index is 10.1. The summed E-state index contributed by atoms with van der Waals surface area (Å²) in [4.78, 5) is 7.10. The fourth-order valence-corrected chi connectivity index (χ4v) is 6.81.